The number of hydrogen-bond acceptors (Lipinski definition) is 3. The van der Waals surface area contributed by atoms with Gasteiger partial charge in [-0.2, -0.15) is 0 Å². The highest BCUT2D eigenvalue weighted by molar-refractivity contribution is 7.91. The van der Waals surface area contributed by atoms with Gasteiger partial charge in [0.2, 0.25) is 0 Å². The zero-order chi connectivity index (χ0) is 13.6. The van der Waals surface area contributed by atoms with Gasteiger partial charge in [0.05, 0.1) is 5.75 Å². The van der Waals surface area contributed by atoms with Crippen LogP contribution < -0.4 is 5.73 Å². The molecule has 0 heterocycles. The lowest BCUT2D eigenvalue weighted by Gasteiger charge is -2.35. The van der Waals surface area contributed by atoms with E-state index in [1.165, 1.54) is 25.7 Å². The van der Waals surface area contributed by atoms with Crippen LogP contribution >= 0.6 is 0 Å². The SMILES string of the molecule is CCCS(=O)(=O)CCC1CC(CC)CCC1CN. The van der Waals surface area contributed by atoms with Crippen molar-refractivity contribution >= 4 is 9.84 Å². The summed E-state index contributed by atoms with van der Waals surface area (Å²) < 4.78 is 23.6. The van der Waals surface area contributed by atoms with Crippen molar-refractivity contribution in [1.29, 1.82) is 0 Å². The van der Waals surface area contributed by atoms with Crippen molar-refractivity contribution in [3.63, 3.8) is 0 Å². The molecule has 3 unspecified atom stereocenters. The first-order chi connectivity index (χ1) is 8.52. The van der Waals surface area contributed by atoms with Gasteiger partial charge in [-0.3, -0.25) is 0 Å². The van der Waals surface area contributed by atoms with Crippen LogP contribution in [0.2, 0.25) is 0 Å². The lowest BCUT2D eigenvalue weighted by molar-refractivity contribution is 0.176. The molecular weight excluding hydrogens is 246 g/mol. The Labute approximate surface area is 112 Å². The lowest BCUT2D eigenvalue weighted by Crippen LogP contribution is -2.31. The molecule has 0 amide bonds. The fraction of sp³-hybridized carbons (Fsp3) is 1.00. The predicted octanol–water partition coefficient (Wildman–Crippen LogP) is 2.60. The Kier molecular flexibility index (Phi) is 6.64. The standard InChI is InChI=1S/C14H29NO2S/c1-3-8-18(16,17)9-7-13-10-12(4-2)5-6-14(13)11-15/h12-14H,3-11,15H2,1-2H3. The Morgan fingerprint density at radius 3 is 2.39 bits per heavy atom. The van der Waals surface area contributed by atoms with Gasteiger partial charge in [0.15, 0.2) is 0 Å². The van der Waals surface area contributed by atoms with Gasteiger partial charge in [-0.05, 0) is 50.0 Å². The molecule has 1 fully saturated rings. The van der Waals surface area contributed by atoms with Crippen molar-refractivity contribution in [1.82, 2.24) is 0 Å². The van der Waals surface area contributed by atoms with E-state index in [-0.39, 0.29) is 0 Å². The molecule has 0 aromatic rings. The first kappa shape index (κ1) is 16.0. The van der Waals surface area contributed by atoms with Gasteiger partial charge in [-0.15, -0.1) is 0 Å². The summed E-state index contributed by atoms with van der Waals surface area (Å²) >= 11 is 0. The summed E-state index contributed by atoms with van der Waals surface area (Å²) in [5, 5.41) is 0. The van der Waals surface area contributed by atoms with Crippen LogP contribution in [0, 0.1) is 17.8 Å². The van der Waals surface area contributed by atoms with Crippen LogP contribution in [0.1, 0.15) is 52.4 Å². The fourth-order valence-corrected chi connectivity index (χ4v) is 4.69. The molecule has 1 saturated carbocycles. The fourth-order valence-electron chi connectivity index (χ4n) is 3.20. The Hall–Kier alpha value is -0.0900. The van der Waals surface area contributed by atoms with E-state index in [0.717, 1.165) is 25.3 Å². The number of sulfone groups is 1. The highest BCUT2D eigenvalue weighted by Crippen LogP contribution is 2.37. The van der Waals surface area contributed by atoms with Crippen LogP contribution in [0.4, 0.5) is 0 Å². The Morgan fingerprint density at radius 1 is 1.11 bits per heavy atom. The topological polar surface area (TPSA) is 60.2 Å². The highest BCUT2D eigenvalue weighted by atomic mass is 32.2. The molecule has 3 atom stereocenters. The van der Waals surface area contributed by atoms with Crippen LogP contribution in [0.3, 0.4) is 0 Å². The molecule has 2 N–H and O–H groups in total. The zero-order valence-corrected chi connectivity index (χ0v) is 12.7. The summed E-state index contributed by atoms with van der Waals surface area (Å²) in [4.78, 5) is 0. The quantitative estimate of drug-likeness (QED) is 0.777. The molecule has 0 aliphatic heterocycles. The molecule has 3 nitrogen and oxygen atoms in total. The number of hydrogen-bond donors (Lipinski definition) is 1. The van der Waals surface area contributed by atoms with E-state index < -0.39 is 9.84 Å². The molecule has 4 heteroatoms. The van der Waals surface area contributed by atoms with Crippen molar-refractivity contribution in [2.45, 2.75) is 52.4 Å². The number of rotatable bonds is 7. The van der Waals surface area contributed by atoms with Gasteiger partial charge in [0.1, 0.15) is 9.84 Å². The molecule has 0 aromatic heterocycles. The van der Waals surface area contributed by atoms with E-state index in [4.69, 9.17) is 5.73 Å². The van der Waals surface area contributed by atoms with Crippen molar-refractivity contribution in [3.8, 4) is 0 Å². The van der Waals surface area contributed by atoms with Crippen molar-refractivity contribution < 1.29 is 8.42 Å². The molecule has 0 radical (unpaired) electrons. The Bertz CT molecular complexity index is 327. The summed E-state index contributed by atoms with van der Waals surface area (Å²) in [6, 6.07) is 0. The van der Waals surface area contributed by atoms with E-state index in [0.29, 0.717) is 23.3 Å². The van der Waals surface area contributed by atoms with E-state index in [2.05, 4.69) is 6.92 Å². The molecule has 0 bridgehead atoms. The van der Waals surface area contributed by atoms with E-state index in [1.54, 1.807) is 0 Å². The molecule has 0 aromatic carbocycles. The van der Waals surface area contributed by atoms with Crippen LogP contribution in [0.25, 0.3) is 0 Å². The summed E-state index contributed by atoms with van der Waals surface area (Å²) in [6.07, 6.45) is 6.41. The van der Waals surface area contributed by atoms with Gasteiger partial charge in [-0.25, -0.2) is 8.42 Å². The average Bonchev–Trinajstić information content (AvgIpc) is 2.36. The van der Waals surface area contributed by atoms with Gasteiger partial charge in [-0.1, -0.05) is 26.7 Å². The van der Waals surface area contributed by atoms with E-state index in [1.807, 2.05) is 6.92 Å². The van der Waals surface area contributed by atoms with Gasteiger partial charge in [0, 0.05) is 5.75 Å². The number of nitrogens with two attached hydrogens (primary N) is 1. The summed E-state index contributed by atoms with van der Waals surface area (Å²) in [7, 11) is -2.83. The Balaban J connectivity index is 2.51. The third kappa shape index (κ3) is 4.88. The highest BCUT2D eigenvalue weighted by Gasteiger charge is 2.29. The minimum atomic E-state index is -2.83. The molecule has 18 heavy (non-hydrogen) atoms. The monoisotopic (exact) mass is 275 g/mol. The second kappa shape index (κ2) is 7.49. The minimum absolute atomic E-state index is 0.338. The second-order valence-corrected chi connectivity index (χ2v) is 8.09. The summed E-state index contributed by atoms with van der Waals surface area (Å²) in [5.74, 6) is 2.56. The Morgan fingerprint density at radius 2 is 1.83 bits per heavy atom. The van der Waals surface area contributed by atoms with Crippen LogP contribution in [-0.4, -0.2) is 26.5 Å². The summed E-state index contributed by atoms with van der Waals surface area (Å²) in [5.41, 5.74) is 5.83. The van der Waals surface area contributed by atoms with E-state index in [9.17, 15) is 8.42 Å². The van der Waals surface area contributed by atoms with E-state index >= 15 is 0 Å². The van der Waals surface area contributed by atoms with Crippen molar-refractivity contribution in [2.24, 2.45) is 23.5 Å². The zero-order valence-electron chi connectivity index (χ0n) is 11.9. The molecule has 1 rings (SSSR count). The first-order valence-corrected chi connectivity index (χ1v) is 9.25. The molecule has 0 saturated heterocycles. The van der Waals surface area contributed by atoms with Crippen LogP contribution in [0.15, 0.2) is 0 Å². The molecule has 1 aliphatic rings. The van der Waals surface area contributed by atoms with Crippen molar-refractivity contribution in [2.75, 3.05) is 18.1 Å². The normalized spacial score (nSPS) is 29.4. The molecule has 108 valence electrons. The van der Waals surface area contributed by atoms with Gasteiger partial charge in [0.25, 0.3) is 0 Å². The maximum absolute atomic E-state index is 11.8. The smallest absolute Gasteiger partial charge is 0.150 e. The minimum Gasteiger partial charge on any atom is -0.330 e. The van der Waals surface area contributed by atoms with Gasteiger partial charge < -0.3 is 5.73 Å². The second-order valence-electron chi connectivity index (χ2n) is 5.78. The molecular formula is C14H29NO2S. The largest absolute Gasteiger partial charge is 0.330 e. The first-order valence-electron chi connectivity index (χ1n) is 7.42. The van der Waals surface area contributed by atoms with Gasteiger partial charge >= 0.3 is 0 Å². The summed E-state index contributed by atoms with van der Waals surface area (Å²) in [6.45, 7) is 4.88. The van der Waals surface area contributed by atoms with Crippen LogP contribution in [0.5, 0.6) is 0 Å². The maximum Gasteiger partial charge on any atom is 0.150 e. The molecule has 1 aliphatic carbocycles. The lowest BCUT2D eigenvalue weighted by atomic mass is 9.72. The third-order valence-electron chi connectivity index (χ3n) is 4.44. The van der Waals surface area contributed by atoms with Crippen LogP contribution in [-0.2, 0) is 9.84 Å². The predicted molar refractivity (Wildman–Crippen MR) is 77.2 cm³/mol. The third-order valence-corrected chi connectivity index (χ3v) is 6.33. The maximum atomic E-state index is 11.8. The van der Waals surface area contributed by atoms with Crippen molar-refractivity contribution in [3.05, 3.63) is 0 Å². The molecule has 0 spiro atoms. The average molecular weight is 275 g/mol.